The number of halogens is 6. The zero-order valence-electron chi connectivity index (χ0n) is 14.3. The monoisotopic (exact) mass is 436 g/mol. The molecule has 150 valence electrons. The topological polar surface area (TPSA) is 32.8 Å². The van der Waals surface area contributed by atoms with Crippen LogP contribution in [0.1, 0.15) is 0 Å². The van der Waals surface area contributed by atoms with Crippen LogP contribution in [-0.4, -0.2) is 43.6 Å². The SMILES string of the molecule is O=C(COc1ccccc1Cl)N1CCN(c2c(F)c(F)c(Cl)c(F)c2F)CC1. The second-order valence-electron chi connectivity index (χ2n) is 6.01. The number of carbonyl (C=O) groups excluding carboxylic acids is 1. The average molecular weight is 437 g/mol. The summed E-state index contributed by atoms with van der Waals surface area (Å²) >= 11 is 11.2. The minimum absolute atomic E-state index is 0.0216. The van der Waals surface area contributed by atoms with Crippen LogP contribution in [0.5, 0.6) is 5.75 Å². The van der Waals surface area contributed by atoms with E-state index in [9.17, 15) is 22.4 Å². The lowest BCUT2D eigenvalue weighted by Gasteiger charge is -2.36. The van der Waals surface area contributed by atoms with Gasteiger partial charge in [0, 0.05) is 26.2 Å². The number of piperazine rings is 1. The first kappa shape index (κ1) is 20.5. The number of carbonyl (C=O) groups is 1. The molecule has 0 unspecified atom stereocenters. The molecule has 0 aliphatic carbocycles. The van der Waals surface area contributed by atoms with Crippen molar-refractivity contribution in [3.05, 3.63) is 57.6 Å². The largest absolute Gasteiger partial charge is 0.482 e. The molecule has 1 saturated heterocycles. The van der Waals surface area contributed by atoms with Gasteiger partial charge in [0.05, 0.1) is 5.02 Å². The van der Waals surface area contributed by atoms with Crippen LogP contribution in [0.15, 0.2) is 24.3 Å². The number of anilines is 1. The lowest BCUT2D eigenvalue weighted by atomic mass is 10.2. The molecule has 4 nitrogen and oxygen atoms in total. The Hall–Kier alpha value is -2.19. The standard InChI is InChI=1S/C18H14Cl2F4N2O2/c19-10-3-1-2-4-11(10)28-9-12(27)25-5-7-26(8-6-25)18-16(23)14(21)13(20)15(22)17(18)24/h1-4H,5-9H2. The highest BCUT2D eigenvalue weighted by atomic mass is 35.5. The highest BCUT2D eigenvalue weighted by Gasteiger charge is 2.30. The molecule has 1 heterocycles. The van der Waals surface area contributed by atoms with Gasteiger partial charge >= 0.3 is 0 Å². The lowest BCUT2D eigenvalue weighted by molar-refractivity contribution is -0.133. The summed E-state index contributed by atoms with van der Waals surface area (Å²) in [5.41, 5.74) is -0.834. The third-order valence-electron chi connectivity index (χ3n) is 4.32. The van der Waals surface area contributed by atoms with Gasteiger partial charge in [-0.2, -0.15) is 0 Å². The van der Waals surface area contributed by atoms with Crippen LogP contribution in [0, 0.1) is 23.3 Å². The number of nitrogens with zero attached hydrogens (tertiary/aromatic N) is 2. The Morgan fingerprint density at radius 2 is 1.50 bits per heavy atom. The van der Waals surface area contributed by atoms with Gasteiger partial charge in [0.2, 0.25) is 0 Å². The van der Waals surface area contributed by atoms with Crippen LogP contribution in [0.25, 0.3) is 0 Å². The van der Waals surface area contributed by atoms with Crippen LogP contribution < -0.4 is 9.64 Å². The number of benzene rings is 2. The Balaban J connectivity index is 1.63. The second kappa shape index (κ2) is 8.45. The molecule has 2 aromatic carbocycles. The van der Waals surface area contributed by atoms with E-state index in [0.717, 1.165) is 4.90 Å². The predicted octanol–water partition coefficient (Wildman–Crippen LogP) is 4.28. The van der Waals surface area contributed by atoms with E-state index in [1.807, 2.05) is 0 Å². The van der Waals surface area contributed by atoms with Crippen molar-refractivity contribution in [2.24, 2.45) is 0 Å². The van der Waals surface area contributed by atoms with E-state index in [-0.39, 0.29) is 38.7 Å². The molecule has 28 heavy (non-hydrogen) atoms. The summed E-state index contributed by atoms with van der Waals surface area (Å²) in [6.07, 6.45) is 0. The van der Waals surface area contributed by atoms with Gasteiger partial charge in [0.25, 0.3) is 5.91 Å². The minimum atomic E-state index is -1.65. The maximum absolute atomic E-state index is 14.1. The number of ether oxygens (including phenoxy) is 1. The molecule has 0 atom stereocenters. The molecule has 3 rings (SSSR count). The predicted molar refractivity (Wildman–Crippen MR) is 97.0 cm³/mol. The van der Waals surface area contributed by atoms with E-state index < -0.39 is 34.0 Å². The quantitative estimate of drug-likeness (QED) is 0.407. The first-order chi connectivity index (χ1) is 13.3. The van der Waals surface area contributed by atoms with Crippen LogP contribution >= 0.6 is 23.2 Å². The van der Waals surface area contributed by atoms with Gasteiger partial charge in [0.15, 0.2) is 29.9 Å². The summed E-state index contributed by atoms with van der Waals surface area (Å²) in [6, 6.07) is 6.66. The van der Waals surface area contributed by atoms with Gasteiger partial charge in [-0.25, -0.2) is 17.6 Å². The summed E-state index contributed by atoms with van der Waals surface area (Å²) < 4.78 is 60.8. The maximum Gasteiger partial charge on any atom is 0.260 e. The fourth-order valence-corrected chi connectivity index (χ4v) is 3.20. The smallest absolute Gasteiger partial charge is 0.260 e. The molecule has 1 amide bonds. The van der Waals surface area contributed by atoms with Crippen molar-refractivity contribution in [2.45, 2.75) is 0 Å². The number of rotatable bonds is 4. The van der Waals surface area contributed by atoms with Crippen molar-refractivity contribution < 1.29 is 27.1 Å². The molecule has 1 fully saturated rings. The molecule has 0 bridgehead atoms. The summed E-state index contributed by atoms with van der Waals surface area (Å²) in [7, 11) is 0. The van der Waals surface area contributed by atoms with E-state index in [2.05, 4.69) is 0 Å². The van der Waals surface area contributed by atoms with Gasteiger partial charge in [-0.15, -0.1) is 0 Å². The van der Waals surface area contributed by atoms with E-state index in [1.54, 1.807) is 24.3 Å². The summed E-state index contributed by atoms with van der Waals surface area (Å²) in [6.45, 7) is -0.125. The van der Waals surface area contributed by atoms with Crippen molar-refractivity contribution in [1.29, 1.82) is 0 Å². The van der Waals surface area contributed by atoms with Crippen molar-refractivity contribution in [1.82, 2.24) is 4.90 Å². The van der Waals surface area contributed by atoms with E-state index in [4.69, 9.17) is 27.9 Å². The first-order valence-electron chi connectivity index (χ1n) is 8.22. The molecule has 10 heteroatoms. The van der Waals surface area contributed by atoms with Crippen molar-refractivity contribution in [3.8, 4) is 5.75 Å². The van der Waals surface area contributed by atoms with E-state index in [0.29, 0.717) is 10.8 Å². The average Bonchev–Trinajstić information content (AvgIpc) is 2.70. The van der Waals surface area contributed by atoms with Gasteiger partial charge in [-0.05, 0) is 12.1 Å². The Bertz CT molecular complexity index is 876. The molecule has 0 N–H and O–H groups in total. The van der Waals surface area contributed by atoms with Crippen LogP contribution in [0.2, 0.25) is 10.0 Å². The highest BCUT2D eigenvalue weighted by Crippen LogP contribution is 2.34. The van der Waals surface area contributed by atoms with Crippen molar-refractivity contribution in [3.63, 3.8) is 0 Å². The molecular formula is C18H14Cl2F4N2O2. The van der Waals surface area contributed by atoms with E-state index in [1.165, 1.54) is 4.90 Å². The molecule has 0 saturated carbocycles. The van der Waals surface area contributed by atoms with Gasteiger partial charge in [0.1, 0.15) is 16.5 Å². The van der Waals surface area contributed by atoms with Crippen LogP contribution in [-0.2, 0) is 4.79 Å². The molecular weight excluding hydrogens is 423 g/mol. The third kappa shape index (κ3) is 3.98. The summed E-state index contributed by atoms with van der Waals surface area (Å²) in [5, 5.41) is -0.873. The fraction of sp³-hybridized carbons (Fsp3) is 0.278. The number of amides is 1. The Kier molecular flexibility index (Phi) is 6.20. The second-order valence-corrected chi connectivity index (χ2v) is 6.79. The van der Waals surface area contributed by atoms with Gasteiger partial charge in [-0.1, -0.05) is 35.3 Å². The molecule has 1 aliphatic rings. The third-order valence-corrected chi connectivity index (χ3v) is 4.97. The zero-order valence-corrected chi connectivity index (χ0v) is 15.8. The van der Waals surface area contributed by atoms with E-state index >= 15 is 0 Å². The van der Waals surface area contributed by atoms with Crippen LogP contribution in [0.4, 0.5) is 23.2 Å². The molecule has 0 radical (unpaired) electrons. The summed E-state index contributed by atoms with van der Waals surface area (Å²) in [5.74, 6) is -6.43. The minimum Gasteiger partial charge on any atom is -0.482 e. The summed E-state index contributed by atoms with van der Waals surface area (Å²) in [4.78, 5) is 14.8. The van der Waals surface area contributed by atoms with Crippen LogP contribution in [0.3, 0.4) is 0 Å². The molecule has 0 aromatic heterocycles. The number of hydrogen-bond acceptors (Lipinski definition) is 3. The Morgan fingerprint density at radius 3 is 2.07 bits per heavy atom. The Labute approximate surface area is 168 Å². The fourth-order valence-electron chi connectivity index (χ4n) is 2.84. The zero-order chi connectivity index (χ0) is 20.4. The number of para-hydroxylation sites is 1. The van der Waals surface area contributed by atoms with Crippen molar-refractivity contribution in [2.75, 3.05) is 37.7 Å². The first-order valence-corrected chi connectivity index (χ1v) is 8.98. The van der Waals surface area contributed by atoms with Crippen molar-refractivity contribution >= 4 is 34.8 Å². The molecule has 2 aromatic rings. The highest BCUT2D eigenvalue weighted by molar-refractivity contribution is 6.32. The molecule has 0 spiro atoms. The van der Waals surface area contributed by atoms with Gasteiger partial charge < -0.3 is 14.5 Å². The lowest BCUT2D eigenvalue weighted by Crippen LogP contribution is -2.50. The molecule has 1 aliphatic heterocycles. The normalized spacial score (nSPS) is 14.4. The Morgan fingerprint density at radius 1 is 0.929 bits per heavy atom. The maximum atomic E-state index is 14.1. The van der Waals surface area contributed by atoms with Gasteiger partial charge in [-0.3, -0.25) is 4.79 Å². The number of hydrogen-bond donors (Lipinski definition) is 0.